The zero-order valence-electron chi connectivity index (χ0n) is 14.8. The minimum absolute atomic E-state index is 0.292. The molecule has 0 bridgehead atoms. The first kappa shape index (κ1) is 17.8. The summed E-state index contributed by atoms with van der Waals surface area (Å²) in [5, 5.41) is 3.35. The first-order valence-electron chi connectivity index (χ1n) is 8.46. The van der Waals surface area contributed by atoms with Crippen LogP contribution in [0.5, 0.6) is 5.75 Å². The van der Waals surface area contributed by atoms with Crippen LogP contribution in [-0.4, -0.2) is 49.7 Å². The molecule has 0 saturated carbocycles. The summed E-state index contributed by atoms with van der Waals surface area (Å²) in [4.78, 5) is 15.5. The summed E-state index contributed by atoms with van der Waals surface area (Å²) < 4.78 is 10.7. The predicted molar refractivity (Wildman–Crippen MR) is 105 cm³/mol. The summed E-state index contributed by atoms with van der Waals surface area (Å²) >= 11 is 6.28. The topological polar surface area (TPSA) is 124 Å². The van der Waals surface area contributed by atoms with E-state index in [2.05, 4.69) is 25.2 Å². The summed E-state index contributed by atoms with van der Waals surface area (Å²) in [6, 6.07) is 5.20. The summed E-state index contributed by atoms with van der Waals surface area (Å²) in [6.45, 7) is 2.70. The fourth-order valence-electron chi connectivity index (χ4n) is 3.19. The van der Waals surface area contributed by atoms with Crippen LogP contribution < -0.4 is 26.4 Å². The molecule has 0 radical (unpaired) electrons. The molecule has 1 unspecified atom stereocenters. The molecule has 9 nitrogen and oxygen atoms in total. The fraction of sp³-hybridized carbons (Fsp3) is 0.353. The van der Waals surface area contributed by atoms with Gasteiger partial charge in [0.2, 0.25) is 0 Å². The Morgan fingerprint density at radius 3 is 2.78 bits per heavy atom. The molecule has 2 aliphatic heterocycles. The normalized spacial score (nSPS) is 21.5. The van der Waals surface area contributed by atoms with Gasteiger partial charge in [-0.25, -0.2) is 15.0 Å². The van der Waals surface area contributed by atoms with Crippen molar-refractivity contribution >= 4 is 35.1 Å². The van der Waals surface area contributed by atoms with Crippen molar-refractivity contribution in [1.29, 1.82) is 0 Å². The number of benzene rings is 1. The minimum Gasteiger partial charge on any atom is -0.495 e. The number of rotatable bonds is 3. The molecule has 0 aliphatic carbocycles. The Morgan fingerprint density at radius 1 is 1.26 bits per heavy atom. The zero-order chi connectivity index (χ0) is 19.0. The number of halogens is 1. The van der Waals surface area contributed by atoms with Crippen molar-refractivity contribution in [2.45, 2.75) is 5.66 Å². The van der Waals surface area contributed by atoms with E-state index in [4.69, 9.17) is 32.5 Å². The number of nitrogen functional groups attached to an aromatic ring is 1. The number of hydrogen-bond acceptors (Lipinski definition) is 9. The number of anilines is 3. The Morgan fingerprint density at radius 2 is 2.04 bits per heavy atom. The van der Waals surface area contributed by atoms with Crippen LogP contribution in [0, 0.1) is 0 Å². The monoisotopic (exact) mass is 389 g/mol. The highest BCUT2D eigenvalue weighted by Crippen LogP contribution is 2.39. The first-order chi connectivity index (χ1) is 13.0. The number of hydrogen-bond donors (Lipinski definition) is 3. The maximum atomic E-state index is 6.66. The van der Waals surface area contributed by atoms with E-state index in [1.54, 1.807) is 25.3 Å². The van der Waals surface area contributed by atoms with Gasteiger partial charge >= 0.3 is 0 Å². The van der Waals surface area contributed by atoms with Gasteiger partial charge < -0.3 is 25.4 Å². The largest absolute Gasteiger partial charge is 0.495 e. The van der Waals surface area contributed by atoms with Crippen LogP contribution in [0.3, 0.4) is 0 Å². The summed E-state index contributed by atoms with van der Waals surface area (Å²) in [7, 11) is 1.55. The molecule has 2 aromatic rings. The summed E-state index contributed by atoms with van der Waals surface area (Å²) in [5.74, 6) is 1.52. The second-order valence-electron chi connectivity index (χ2n) is 6.28. The van der Waals surface area contributed by atoms with Crippen molar-refractivity contribution in [3.63, 3.8) is 0 Å². The molecule has 1 saturated heterocycles. The molecule has 5 N–H and O–H groups in total. The van der Waals surface area contributed by atoms with Gasteiger partial charge in [0, 0.05) is 30.8 Å². The van der Waals surface area contributed by atoms with Gasteiger partial charge in [-0.1, -0.05) is 11.6 Å². The lowest BCUT2D eigenvalue weighted by atomic mass is 9.95. The molecule has 1 fully saturated rings. The highest BCUT2D eigenvalue weighted by molar-refractivity contribution is 6.29. The number of nitrogens with zero attached hydrogens (tertiary/aromatic N) is 4. The molecule has 1 atom stereocenters. The molecule has 0 spiro atoms. The lowest BCUT2D eigenvalue weighted by Gasteiger charge is -2.32. The second-order valence-corrected chi connectivity index (χ2v) is 6.67. The third-order valence-corrected chi connectivity index (χ3v) is 4.82. The first-order valence-corrected chi connectivity index (χ1v) is 8.84. The van der Waals surface area contributed by atoms with E-state index in [0.717, 1.165) is 18.8 Å². The van der Waals surface area contributed by atoms with E-state index in [0.29, 0.717) is 47.0 Å². The molecular formula is C17H20ClN7O2. The number of ether oxygens (including phenoxy) is 2. The second kappa shape index (κ2) is 6.84. The SMILES string of the molecule is COc1cc2c(cc1N)C(N)(c1nc(Cl)cc(N3CCOCC3)n1)N=CN2. The van der Waals surface area contributed by atoms with Gasteiger partial charge in [0.25, 0.3) is 0 Å². The van der Waals surface area contributed by atoms with Crippen LogP contribution in [0.1, 0.15) is 11.4 Å². The number of methoxy groups -OCH3 is 1. The Kier molecular flexibility index (Phi) is 4.50. The lowest BCUT2D eigenvalue weighted by molar-refractivity contribution is 0.122. The molecular weight excluding hydrogens is 370 g/mol. The zero-order valence-corrected chi connectivity index (χ0v) is 15.5. The van der Waals surface area contributed by atoms with Gasteiger partial charge in [-0.05, 0) is 6.07 Å². The van der Waals surface area contributed by atoms with Crippen molar-refractivity contribution in [1.82, 2.24) is 9.97 Å². The van der Waals surface area contributed by atoms with E-state index in [-0.39, 0.29) is 0 Å². The van der Waals surface area contributed by atoms with Crippen molar-refractivity contribution in [3.05, 3.63) is 34.7 Å². The van der Waals surface area contributed by atoms with E-state index in [1.165, 1.54) is 6.34 Å². The Balaban J connectivity index is 1.81. The highest BCUT2D eigenvalue weighted by atomic mass is 35.5. The number of nitrogens with one attached hydrogen (secondary N) is 1. The maximum Gasteiger partial charge on any atom is 0.198 e. The number of fused-ring (bicyclic) bond motifs is 1. The van der Waals surface area contributed by atoms with Crippen molar-refractivity contribution in [3.8, 4) is 5.75 Å². The minimum atomic E-state index is -1.33. The third kappa shape index (κ3) is 3.14. The van der Waals surface area contributed by atoms with Crippen LogP contribution >= 0.6 is 11.6 Å². The van der Waals surface area contributed by atoms with Crippen LogP contribution in [0.15, 0.2) is 23.2 Å². The molecule has 1 aromatic carbocycles. The number of aromatic nitrogens is 2. The summed E-state index contributed by atoms with van der Waals surface area (Å²) in [5.41, 5.74) is 13.2. The van der Waals surface area contributed by atoms with E-state index >= 15 is 0 Å². The smallest absolute Gasteiger partial charge is 0.198 e. The van der Waals surface area contributed by atoms with Crippen LogP contribution in [0.25, 0.3) is 0 Å². The predicted octanol–water partition coefficient (Wildman–Crippen LogP) is 1.17. The van der Waals surface area contributed by atoms with Crippen molar-refractivity contribution in [2.24, 2.45) is 10.7 Å². The number of morpholine rings is 1. The van der Waals surface area contributed by atoms with Gasteiger partial charge in [0.15, 0.2) is 11.5 Å². The van der Waals surface area contributed by atoms with Crippen LogP contribution in [-0.2, 0) is 10.4 Å². The van der Waals surface area contributed by atoms with Crippen molar-refractivity contribution < 1.29 is 9.47 Å². The molecule has 142 valence electrons. The average molecular weight is 390 g/mol. The molecule has 10 heteroatoms. The van der Waals surface area contributed by atoms with Crippen LogP contribution in [0.4, 0.5) is 17.2 Å². The lowest BCUT2D eigenvalue weighted by Crippen LogP contribution is -2.42. The Hall–Kier alpha value is -2.62. The standard InChI is InChI=1S/C17H20ClN7O2/c1-26-13-7-12-10(6-11(13)19)17(20,22-9-21-12)16-23-14(18)8-15(24-16)25-2-4-27-5-3-25/h6-9H,2-5,19-20H2,1H3,(H,21,22). The quantitative estimate of drug-likeness (QED) is 0.528. The molecule has 3 heterocycles. The highest BCUT2D eigenvalue weighted by Gasteiger charge is 2.38. The van der Waals surface area contributed by atoms with Gasteiger partial charge in [-0.15, -0.1) is 0 Å². The third-order valence-electron chi connectivity index (χ3n) is 4.63. The van der Waals surface area contributed by atoms with Crippen LogP contribution in [0.2, 0.25) is 5.15 Å². The Labute approximate surface area is 161 Å². The van der Waals surface area contributed by atoms with Gasteiger partial charge in [-0.2, -0.15) is 0 Å². The maximum absolute atomic E-state index is 6.66. The molecule has 4 rings (SSSR count). The fourth-order valence-corrected chi connectivity index (χ4v) is 3.37. The molecule has 27 heavy (non-hydrogen) atoms. The molecule has 2 aliphatic rings. The number of nitrogens with two attached hydrogens (primary N) is 2. The van der Waals surface area contributed by atoms with Crippen molar-refractivity contribution in [2.75, 3.05) is 49.4 Å². The van der Waals surface area contributed by atoms with E-state index in [9.17, 15) is 0 Å². The average Bonchev–Trinajstić information content (AvgIpc) is 2.68. The molecule has 1 aromatic heterocycles. The number of aliphatic imine (C=N–C) groups is 1. The van der Waals surface area contributed by atoms with Gasteiger partial charge in [0.05, 0.1) is 38.0 Å². The summed E-state index contributed by atoms with van der Waals surface area (Å²) in [6.07, 6.45) is 1.51. The van der Waals surface area contributed by atoms with E-state index < -0.39 is 5.66 Å². The van der Waals surface area contributed by atoms with Gasteiger partial charge in [0.1, 0.15) is 16.7 Å². The molecule has 0 amide bonds. The van der Waals surface area contributed by atoms with Gasteiger partial charge in [-0.3, -0.25) is 5.73 Å². The Bertz CT molecular complexity index is 901. The van der Waals surface area contributed by atoms with E-state index in [1.807, 2.05) is 0 Å².